The van der Waals surface area contributed by atoms with Gasteiger partial charge < -0.3 is 24.5 Å². The van der Waals surface area contributed by atoms with Gasteiger partial charge in [0, 0.05) is 36.6 Å². The molecule has 2 aromatic heterocycles. The number of nitrogens with one attached hydrogen (secondary N) is 1. The topological polar surface area (TPSA) is 105 Å². The number of fused-ring (bicyclic) bond motifs is 1. The zero-order chi connectivity index (χ0) is 20.2. The Bertz CT molecular complexity index is 925. The van der Waals surface area contributed by atoms with Crippen LogP contribution in [0.15, 0.2) is 28.9 Å². The normalized spacial score (nSPS) is 26.9. The van der Waals surface area contributed by atoms with Crippen LogP contribution in [-0.2, 0) is 4.74 Å². The number of carbonyl (C=O) groups is 2. The average molecular weight is 399 g/mol. The molecule has 154 valence electrons. The van der Waals surface area contributed by atoms with Gasteiger partial charge in [-0.1, -0.05) is 6.92 Å². The van der Waals surface area contributed by atoms with Gasteiger partial charge in [-0.2, -0.15) is 0 Å². The van der Waals surface area contributed by atoms with Gasteiger partial charge in [0.1, 0.15) is 0 Å². The van der Waals surface area contributed by atoms with Crippen LogP contribution in [0.5, 0.6) is 0 Å². The molecule has 2 saturated heterocycles. The summed E-state index contributed by atoms with van der Waals surface area (Å²) in [5.41, 5.74) is 0.806. The Hall–Kier alpha value is -2.61. The Balaban J connectivity index is 1.28. The van der Waals surface area contributed by atoms with Crippen LogP contribution in [0.1, 0.15) is 30.3 Å². The van der Waals surface area contributed by atoms with Gasteiger partial charge in [0.05, 0.1) is 19.4 Å². The number of aromatic nitrogens is 1. The summed E-state index contributed by atoms with van der Waals surface area (Å²) in [6.45, 7) is 5.42. The van der Waals surface area contributed by atoms with Crippen LogP contribution >= 0.6 is 0 Å². The van der Waals surface area contributed by atoms with E-state index < -0.39 is 6.09 Å². The smallest absolute Gasteiger partial charge is 0.407 e. The largest absolute Gasteiger partial charge is 0.465 e. The van der Waals surface area contributed by atoms with Gasteiger partial charge in [0.25, 0.3) is 5.91 Å². The number of furan rings is 1. The quantitative estimate of drug-likeness (QED) is 0.819. The molecule has 2 aliphatic heterocycles. The molecule has 1 aliphatic carbocycles. The number of rotatable bonds is 4. The molecule has 2 amide bonds. The molecular formula is C21H25N3O5. The highest BCUT2D eigenvalue weighted by molar-refractivity contribution is 5.95. The Labute approximate surface area is 168 Å². The van der Waals surface area contributed by atoms with Crippen molar-refractivity contribution in [2.24, 2.45) is 22.7 Å². The minimum Gasteiger partial charge on any atom is -0.465 e. The molecule has 2 N–H and O–H groups in total. The van der Waals surface area contributed by atoms with Crippen LogP contribution < -0.4 is 5.32 Å². The summed E-state index contributed by atoms with van der Waals surface area (Å²) in [6, 6.07) is 3.55. The maximum Gasteiger partial charge on any atom is 0.407 e. The third-order valence-electron chi connectivity index (χ3n) is 7.26. The maximum absolute atomic E-state index is 12.7. The summed E-state index contributed by atoms with van der Waals surface area (Å²) in [5.74, 6) is 0.848. The third-order valence-corrected chi connectivity index (χ3v) is 7.26. The van der Waals surface area contributed by atoms with Gasteiger partial charge in [-0.05, 0) is 42.2 Å². The first kappa shape index (κ1) is 18.4. The van der Waals surface area contributed by atoms with Crippen LogP contribution in [-0.4, -0.2) is 59.8 Å². The highest BCUT2D eigenvalue weighted by Crippen LogP contribution is 2.71. The molecule has 5 rings (SSSR count). The minimum atomic E-state index is -0.848. The van der Waals surface area contributed by atoms with Crippen LogP contribution in [0.2, 0.25) is 0 Å². The summed E-state index contributed by atoms with van der Waals surface area (Å²) in [6.07, 6.45) is 4.11. The predicted octanol–water partition coefficient (Wildman–Crippen LogP) is 2.60. The van der Waals surface area contributed by atoms with Crippen molar-refractivity contribution >= 4 is 23.0 Å². The minimum absolute atomic E-state index is 0.0928. The van der Waals surface area contributed by atoms with Gasteiger partial charge in [0.15, 0.2) is 11.3 Å². The molecule has 2 aromatic rings. The number of likely N-dealkylation sites (tertiary alicyclic amines) is 1. The number of nitrogens with zero attached hydrogens (tertiary/aromatic N) is 2. The second-order valence-electron chi connectivity index (χ2n) is 8.97. The third kappa shape index (κ3) is 2.88. The molecule has 29 heavy (non-hydrogen) atoms. The average Bonchev–Trinajstić information content (AvgIpc) is 3.08. The molecule has 0 bridgehead atoms. The summed E-state index contributed by atoms with van der Waals surface area (Å²) >= 11 is 0. The van der Waals surface area contributed by atoms with E-state index in [9.17, 15) is 14.7 Å². The van der Waals surface area contributed by atoms with E-state index in [1.807, 2.05) is 6.07 Å². The van der Waals surface area contributed by atoms with Gasteiger partial charge in [0.2, 0.25) is 0 Å². The molecule has 4 heterocycles. The number of hydrogen-bond donors (Lipinski definition) is 2. The van der Waals surface area contributed by atoms with Crippen LogP contribution in [0.25, 0.3) is 11.0 Å². The Kier molecular flexibility index (Phi) is 4.10. The molecule has 1 spiro atoms. The molecule has 1 saturated carbocycles. The lowest BCUT2D eigenvalue weighted by molar-refractivity contribution is -0.124. The lowest BCUT2D eigenvalue weighted by atomic mass is 9.76. The summed E-state index contributed by atoms with van der Waals surface area (Å²) in [4.78, 5) is 29.5. The summed E-state index contributed by atoms with van der Waals surface area (Å²) in [5, 5.41) is 13.2. The molecule has 0 radical (unpaired) electrons. The zero-order valence-corrected chi connectivity index (χ0v) is 16.4. The zero-order valence-electron chi connectivity index (χ0n) is 16.4. The van der Waals surface area contributed by atoms with Crippen molar-refractivity contribution in [3.8, 4) is 0 Å². The van der Waals surface area contributed by atoms with E-state index in [0.717, 1.165) is 31.4 Å². The van der Waals surface area contributed by atoms with Gasteiger partial charge in [-0.15, -0.1) is 0 Å². The number of hydrogen-bond acceptors (Lipinski definition) is 5. The van der Waals surface area contributed by atoms with Crippen LogP contribution in [0.3, 0.4) is 0 Å². The standard InChI is InChI=1S/C21H25N3O5/c1-20(11-28-12-20)17-14(21(17)3-6-24(7-4-21)19(26)27)9-23-18(25)15-8-13-2-5-22-10-16(13)29-15/h2,5,8,10,14,17H,3-4,6-7,9,11-12H2,1H3,(H,23,25)(H,26,27). The molecule has 3 aliphatic rings. The number of carbonyl (C=O) groups excluding carboxylic acids is 1. The SMILES string of the molecule is CC1(C2C(CNC(=O)c3cc4ccncc4o3)C23CCN(C(=O)O)CC3)COC1. The number of amides is 2. The Morgan fingerprint density at radius 1 is 1.34 bits per heavy atom. The van der Waals surface area contributed by atoms with E-state index in [2.05, 4.69) is 17.2 Å². The highest BCUT2D eigenvalue weighted by Gasteiger charge is 2.71. The summed E-state index contributed by atoms with van der Waals surface area (Å²) in [7, 11) is 0. The van der Waals surface area contributed by atoms with E-state index in [1.165, 1.54) is 4.90 Å². The lowest BCUT2D eigenvalue weighted by Crippen LogP contribution is -2.45. The van der Waals surface area contributed by atoms with Gasteiger partial charge in [-0.25, -0.2) is 4.79 Å². The number of pyridine rings is 1. The van der Waals surface area contributed by atoms with E-state index in [0.29, 0.717) is 37.1 Å². The fourth-order valence-electron chi connectivity index (χ4n) is 5.76. The summed E-state index contributed by atoms with van der Waals surface area (Å²) < 4.78 is 11.1. The van der Waals surface area contributed by atoms with E-state index in [1.54, 1.807) is 18.5 Å². The van der Waals surface area contributed by atoms with Crippen molar-refractivity contribution in [2.45, 2.75) is 19.8 Å². The second kappa shape index (κ2) is 6.45. The van der Waals surface area contributed by atoms with E-state index in [4.69, 9.17) is 9.15 Å². The molecule has 8 nitrogen and oxygen atoms in total. The molecule has 2 unspecified atom stereocenters. The molecule has 0 aromatic carbocycles. The van der Waals surface area contributed by atoms with Crippen molar-refractivity contribution in [1.29, 1.82) is 0 Å². The molecular weight excluding hydrogens is 374 g/mol. The molecule has 2 atom stereocenters. The van der Waals surface area contributed by atoms with Gasteiger partial charge >= 0.3 is 6.09 Å². The lowest BCUT2D eigenvalue weighted by Gasteiger charge is -2.42. The van der Waals surface area contributed by atoms with E-state index in [-0.39, 0.29) is 22.5 Å². The van der Waals surface area contributed by atoms with Crippen molar-refractivity contribution < 1.29 is 23.8 Å². The van der Waals surface area contributed by atoms with Crippen LogP contribution in [0.4, 0.5) is 4.79 Å². The van der Waals surface area contributed by atoms with Crippen LogP contribution in [0, 0.1) is 22.7 Å². The first-order chi connectivity index (χ1) is 13.9. The number of piperidine rings is 1. The van der Waals surface area contributed by atoms with Gasteiger partial charge in [-0.3, -0.25) is 9.78 Å². The fourth-order valence-corrected chi connectivity index (χ4v) is 5.76. The van der Waals surface area contributed by atoms with Crippen molar-refractivity contribution in [3.05, 3.63) is 30.3 Å². The Morgan fingerprint density at radius 2 is 2.10 bits per heavy atom. The van der Waals surface area contributed by atoms with Crippen molar-refractivity contribution in [2.75, 3.05) is 32.8 Å². The second-order valence-corrected chi connectivity index (χ2v) is 8.97. The van der Waals surface area contributed by atoms with Crippen molar-refractivity contribution in [1.82, 2.24) is 15.2 Å². The molecule has 3 fully saturated rings. The van der Waals surface area contributed by atoms with Crippen molar-refractivity contribution in [3.63, 3.8) is 0 Å². The monoisotopic (exact) mass is 399 g/mol. The first-order valence-electron chi connectivity index (χ1n) is 10.1. The maximum atomic E-state index is 12.7. The Morgan fingerprint density at radius 3 is 2.72 bits per heavy atom. The highest BCUT2D eigenvalue weighted by atomic mass is 16.5. The number of carboxylic acid groups (broad SMARTS) is 1. The fraction of sp³-hybridized carbons (Fsp3) is 0.571. The molecule has 8 heteroatoms. The number of ether oxygens (including phenoxy) is 1. The van der Waals surface area contributed by atoms with E-state index >= 15 is 0 Å². The predicted molar refractivity (Wildman–Crippen MR) is 104 cm³/mol. The first-order valence-corrected chi connectivity index (χ1v) is 10.1.